The number of fused-ring (bicyclic) bond motifs is 1. The van der Waals surface area contributed by atoms with Crippen molar-refractivity contribution >= 4 is 22.8 Å². The summed E-state index contributed by atoms with van der Waals surface area (Å²) < 4.78 is 5.17. The van der Waals surface area contributed by atoms with E-state index in [1.807, 2.05) is 12.1 Å². The molecule has 2 aromatic carbocycles. The number of phenols is 1. The van der Waals surface area contributed by atoms with E-state index in [1.165, 1.54) is 4.90 Å². The van der Waals surface area contributed by atoms with Crippen LogP contribution in [0.4, 0.5) is 0 Å². The van der Waals surface area contributed by atoms with Gasteiger partial charge in [0.2, 0.25) is 0 Å². The Morgan fingerprint density at radius 1 is 1.08 bits per heavy atom. The molecule has 0 saturated heterocycles. The first-order valence-electron chi connectivity index (χ1n) is 8.02. The lowest BCUT2D eigenvalue weighted by Gasteiger charge is -2.12. The number of benzene rings is 2. The lowest BCUT2D eigenvalue weighted by Crippen LogP contribution is -2.27. The molecule has 0 saturated carbocycles. The number of carbonyl (C=O) groups is 2. The summed E-state index contributed by atoms with van der Waals surface area (Å²) in [6.45, 7) is -0.322. The van der Waals surface area contributed by atoms with Crippen molar-refractivity contribution in [2.75, 3.05) is 20.7 Å². The fourth-order valence-corrected chi connectivity index (χ4v) is 2.46. The SMILES string of the molecule is CN(C)C(=O)COC(=O)c1cc(-c2ccc(O)cc2)nc2ccccc12. The van der Waals surface area contributed by atoms with Crippen molar-refractivity contribution in [3.8, 4) is 17.0 Å². The third kappa shape index (κ3) is 3.64. The van der Waals surface area contributed by atoms with E-state index in [-0.39, 0.29) is 18.3 Å². The smallest absolute Gasteiger partial charge is 0.339 e. The van der Waals surface area contributed by atoms with Gasteiger partial charge >= 0.3 is 5.97 Å². The van der Waals surface area contributed by atoms with Crippen molar-refractivity contribution in [2.24, 2.45) is 0 Å². The van der Waals surface area contributed by atoms with E-state index >= 15 is 0 Å². The predicted molar refractivity (Wildman–Crippen MR) is 97.8 cm³/mol. The molecule has 0 aliphatic carbocycles. The first-order valence-corrected chi connectivity index (χ1v) is 8.02. The summed E-state index contributed by atoms with van der Waals surface area (Å²) >= 11 is 0. The molecular weight excluding hydrogens is 332 g/mol. The number of carbonyl (C=O) groups excluding carboxylic acids is 2. The summed E-state index contributed by atoms with van der Waals surface area (Å²) in [5.41, 5.74) is 2.32. The highest BCUT2D eigenvalue weighted by Crippen LogP contribution is 2.26. The van der Waals surface area contributed by atoms with Gasteiger partial charge in [0.15, 0.2) is 6.61 Å². The highest BCUT2D eigenvalue weighted by Gasteiger charge is 2.17. The monoisotopic (exact) mass is 350 g/mol. The van der Waals surface area contributed by atoms with Crippen LogP contribution < -0.4 is 0 Å². The Morgan fingerprint density at radius 3 is 2.46 bits per heavy atom. The standard InChI is InChI=1S/C20H18N2O4/c1-22(2)19(24)12-26-20(25)16-11-18(13-7-9-14(23)10-8-13)21-17-6-4-3-5-15(16)17/h3-11,23H,12H2,1-2H3. The van der Waals surface area contributed by atoms with Gasteiger partial charge in [0.05, 0.1) is 16.8 Å². The summed E-state index contributed by atoms with van der Waals surface area (Å²) in [4.78, 5) is 30.2. The van der Waals surface area contributed by atoms with Gasteiger partial charge in [0, 0.05) is 25.0 Å². The molecule has 26 heavy (non-hydrogen) atoms. The van der Waals surface area contributed by atoms with E-state index in [0.29, 0.717) is 22.2 Å². The molecule has 6 nitrogen and oxygen atoms in total. The molecule has 6 heteroatoms. The molecule has 1 heterocycles. The lowest BCUT2D eigenvalue weighted by molar-refractivity contribution is -0.131. The van der Waals surface area contributed by atoms with Gasteiger partial charge in [-0.3, -0.25) is 4.79 Å². The number of para-hydroxylation sites is 1. The molecule has 0 aliphatic rings. The number of phenolic OH excluding ortho intramolecular Hbond substituents is 1. The summed E-state index contributed by atoms with van der Waals surface area (Å²) in [6, 6.07) is 15.4. The molecule has 132 valence electrons. The van der Waals surface area contributed by atoms with Crippen molar-refractivity contribution in [3.05, 3.63) is 60.2 Å². The third-order valence-electron chi connectivity index (χ3n) is 3.92. The van der Waals surface area contributed by atoms with Gasteiger partial charge in [-0.25, -0.2) is 9.78 Å². The van der Waals surface area contributed by atoms with Crippen molar-refractivity contribution in [3.63, 3.8) is 0 Å². The van der Waals surface area contributed by atoms with Crippen LogP contribution in [0.3, 0.4) is 0 Å². The molecule has 1 amide bonds. The normalized spacial score (nSPS) is 10.5. The average Bonchev–Trinajstić information content (AvgIpc) is 2.65. The fourth-order valence-electron chi connectivity index (χ4n) is 2.46. The number of hydrogen-bond acceptors (Lipinski definition) is 5. The summed E-state index contributed by atoms with van der Waals surface area (Å²) in [6.07, 6.45) is 0. The van der Waals surface area contributed by atoms with E-state index in [9.17, 15) is 14.7 Å². The predicted octanol–water partition coefficient (Wildman–Crippen LogP) is 2.85. The largest absolute Gasteiger partial charge is 0.508 e. The number of amides is 1. The molecule has 3 aromatic rings. The molecule has 0 bridgehead atoms. The molecule has 1 N–H and O–H groups in total. The molecule has 0 atom stereocenters. The van der Waals surface area contributed by atoms with Crippen LogP contribution in [0.15, 0.2) is 54.6 Å². The fraction of sp³-hybridized carbons (Fsp3) is 0.150. The van der Waals surface area contributed by atoms with Crippen LogP contribution >= 0.6 is 0 Å². The Kier molecular flexibility index (Phi) is 4.84. The second-order valence-corrected chi connectivity index (χ2v) is 5.98. The molecule has 0 aliphatic heterocycles. The van der Waals surface area contributed by atoms with Crippen molar-refractivity contribution in [1.29, 1.82) is 0 Å². The zero-order valence-electron chi connectivity index (χ0n) is 14.5. The minimum atomic E-state index is -0.584. The number of likely N-dealkylation sites (N-methyl/N-ethyl adjacent to an activating group) is 1. The summed E-state index contributed by atoms with van der Waals surface area (Å²) in [7, 11) is 3.20. The van der Waals surface area contributed by atoms with Crippen LogP contribution in [-0.2, 0) is 9.53 Å². The zero-order chi connectivity index (χ0) is 18.7. The quantitative estimate of drug-likeness (QED) is 0.732. The van der Waals surface area contributed by atoms with E-state index in [0.717, 1.165) is 5.56 Å². The Balaban J connectivity index is 2.01. The number of aromatic hydroxyl groups is 1. The number of esters is 1. The number of hydrogen-bond donors (Lipinski definition) is 1. The first-order chi connectivity index (χ1) is 12.5. The van der Waals surface area contributed by atoms with Crippen LogP contribution in [0, 0.1) is 0 Å². The van der Waals surface area contributed by atoms with Crippen LogP contribution in [0.1, 0.15) is 10.4 Å². The van der Waals surface area contributed by atoms with Crippen LogP contribution in [0.5, 0.6) is 5.75 Å². The molecule has 3 rings (SSSR count). The van der Waals surface area contributed by atoms with E-state index in [1.54, 1.807) is 56.6 Å². The van der Waals surface area contributed by atoms with E-state index in [4.69, 9.17) is 4.74 Å². The average molecular weight is 350 g/mol. The van der Waals surface area contributed by atoms with Gasteiger partial charge in [0.1, 0.15) is 5.75 Å². The molecule has 1 aromatic heterocycles. The summed E-state index contributed by atoms with van der Waals surface area (Å²) in [5, 5.41) is 10.1. The van der Waals surface area contributed by atoms with Crippen molar-refractivity contribution < 1.29 is 19.4 Å². The second-order valence-electron chi connectivity index (χ2n) is 5.98. The van der Waals surface area contributed by atoms with Crippen LogP contribution in [0.2, 0.25) is 0 Å². The van der Waals surface area contributed by atoms with Crippen molar-refractivity contribution in [2.45, 2.75) is 0 Å². The van der Waals surface area contributed by atoms with E-state index < -0.39 is 5.97 Å². The maximum atomic E-state index is 12.6. The molecule has 0 radical (unpaired) electrons. The highest BCUT2D eigenvalue weighted by atomic mass is 16.5. The molecular formula is C20H18N2O4. The van der Waals surface area contributed by atoms with Gasteiger partial charge in [-0.2, -0.15) is 0 Å². The molecule has 0 spiro atoms. The number of ether oxygens (including phenoxy) is 1. The highest BCUT2D eigenvalue weighted by molar-refractivity contribution is 6.05. The summed E-state index contributed by atoms with van der Waals surface area (Å²) in [5.74, 6) is -0.731. The maximum Gasteiger partial charge on any atom is 0.339 e. The zero-order valence-corrected chi connectivity index (χ0v) is 14.5. The van der Waals surface area contributed by atoms with Crippen LogP contribution in [0.25, 0.3) is 22.2 Å². The number of aromatic nitrogens is 1. The molecule has 0 unspecified atom stereocenters. The maximum absolute atomic E-state index is 12.6. The topological polar surface area (TPSA) is 79.7 Å². The molecule has 0 fully saturated rings. The Hall–Kier alpha value is -3.41. The number of nitrogens with zero attached hydrogens (tertiary/aromatic N) is 2. The van der Waals surface area contributed by atoms with Gasteiger partial charge in [-0.1, -0.05) is 18.2 Å². The Morgan fingerprint density at radius 2 is 1.77 bits per heavy atom. The second kappa shape index (κ2) is 7.23. The first kappa shape index (κ1) is 17.4. The van der Waals surface area contributed by atoms with Crippen LogP contribution in [-0.4, -0.2) is 47.6 Å². The van der Waals surface area contributed by atoms with Crippen molar-refractivity contribution in [1.82, 2.24) is 9.88 Å². The Labute approximate surface area is 150 Å². The van der Waals surface area contributed by atoms with Gasteiger partial charge < -0.3 is 14.7 Å². The number of pyridine rings is 1. The van der Waals surface area contributed by atoms with E-state index in [2.05, 4.69) is 4.98 Å². The minimum Gasteiger partial charge on any atom is -0.508 e. The van der Waals surface area contributed by atoms with Gasteiger partial charge in [-0.15, -0.1) is 0 Å². The third-order valence-corrected chi connectivity index (χ3v) is 3.92. The Bertz CT molecular complexity index is 965. The lowest BCUT2D eigenvalue weighted by atomic mass is 10.0. The minimum absolute atomic E-state index is 0.149. The number of rotatable bonds is 4. The van der Waals surface area contributed by atoms with Gasteiger partial charge in [0.25, 0.3) is 5.91 Å². The van der Waals surface area contributed by atoms with Gasteiger partial charge in [-0.05, 0) is 36.4 Å².